The van der Waals surface area contributed by atoms with Crippen LogP contribution >= 0.6 is 18.9 Å². The molecule has 2 unspecified atom stereocenters. The molecule has 8 N–H and O–H groups in total. The first-order chi connectivity index (χ1) is 20.9. The largest absolute Gasteiger partial charge is 0.777 e. The summed E-state index contributed by atoms with van der Waals surface area (Å²) in [7, 11) is -9.92. The van der Waals surface area contributed by atoms with E-state index in [0.29, 0.717) is 72.4 Å². The third-order valence-corrected chi connectivity index (χ3v) is 10.3. The normalized spacial score (nSPS) is 13.7. The van der Waals surface area contributed by atoms with E-state index in [9.17, 15) is 40.3 Å². The average molecular weight is 701 g/mol. The number of sulfonamides is 1. The number of nitrogens with one attached hydrogen (secondary N) is 1. The lowest BCUT2D eigenvalue weighted by molar-refractivity contribution is -0.369. The van der Waals surface area contributed by atoms with Crippen LogP contribution in [0.15, 0.2) is 34.5 Å². The summed E-state index contributed by atoms with van der Waals surface area (Å²) in [6, 6.07) is 7.66. The van der Waals surface area contributed by atoms with Gasteiger partial charge in [-0.2, -0.15) is 23.2 Å². The zero-order valence-electron chi connectivity index (χ0n) is 23.6. The van der Waals surface area contributed by atoms with Gasteiger partial charge in [0.1, 0.15) is 27.8 Å². The van der Waals surface area contributed by atoms with Crippen LogP contribution in [0.1, 0.15) is 35.3 Å². The van der Waals surface area contributed by atoms with Crippen molar-refractivity contribution in [1.29, 1.82) is 5.26 Å². The lowest BCUT2D eigenvalue weighted by Crippen LogP contribution is -2.50. The van der Waals surface area contributed by atoms with Gasteiger partial charge in [-0.3, -0.25) is 0 Å². The highest BCUT2D eigenvalue weighted by Gasteiger charge is 2.32. The Morgan fingerprint density at radius 2 is 1.69 bits per heavy atom. The van der Waals surface area contributed by atoms with Gasteiger partial charge in [0.2, 0.25) is 0 Å². The molecule has 3 aromatic rings. The van der Waals surface area contributed by atoms with Gasteiger partial charge in [-0.1, -0.05) is 6.07 Å². The second-order valence-electron chi connectivity index (χ2n) is 9.15. The predicted octanol–water partition coefficient (Wildman–Crippen LogP) is 0.0635. The van der Waals surface area contributed by atoms with Crippen molar-refractivity contribution in [3.8, 4) is 17.6 Å². The number of hydrogen-bond acceptors (Lipinski definition) is 10. The molecule has 0 radical (unpaired) electrons. The van der Waals surface area contributed by atoms with E-state index in [1.54, 1.807) is 25.1 Å². The lowest BCUT2D eigenvalue weighted by Gasteiger charge is -2.28. The van der Waals surface area contributed by atoms with Gasteiger partial charge in [-0.05, 0) is 36.2 Å². The molecular formula is C25H29F4N4O9PS2. The highest BCUT2D eigenvalue weighted by Crippen LogP contribution is 2.48. The van der Waals surface area contributed by atoms with Crippen molar-refractivity contribution >= 4 is 45.0 Å². The molecule has 0 amide bonds. The minimum absolute atomic E-state index is 0.196. The van der Waals surface area contributed by atoms with E-state index in [-0.39, 0.29) is 15.3 Å². The van der Waals surface area contributed by atoms with Crippen molar-refractivity contribution in [1.82, 2.24) is 4.72 Å². The molecule has 20 heteroatoms. The van der Waals surface area contributed by atoms with Gasteiger partial charge in [-0.25, -0.2) is 12.8 Å². The van der Waals surface area contributed by atoms with Crippen molar-refractivity contribution in [2.75, 3.05) is 26.3 Å². The van der Waals surface area contributed by atoms with Crippen LogP contribution in [0, 0.1) is 24.1 Å². The Labute approximate surface area is 258 Å². The van der Waals surface area contributed by atoms with Crippen molar-refractivity contribution < 1.29 is 71.2 Å². The Kier molecular flexibility index (Phi) is 13.3. The van der Waals surface area contributed by atoms with Gasteiger partial charge in [-0.15, -0.1) is 11.3 Å². The van der Waals surface area contributed by atoms with E-state index in [4.69, 9.17) is 24.6 Å². The topological polar surface area (TPSA) is 244 Å². The standard InChI is InChI=1S/C23H28FN4O7PS2.C2HF3O2/c1-14-17-11-19(34-8-2-6-25)20(35-9-3-7-26)12-21(17)37-23(14)38(32,33)28-22(36(29,30)31)15-4-5-16(13-27)18(24)10-15;3-2(4,5)1(6)7/h4-5,10-12,22,28H,2-3,6-9,25-26H2,1H3,(H2,29,30,31);(H,6,7). The highest BCUT2D eigenvalue weighted by molar-refractivity contribution is 7.92. The smallest absolute Gasteiger partial charge is 0.430 e. The van der Waals surface area contributed by atoms with E-state index >= 15 is 0 Å². The minimum Gasteiger partial charge on any atom is -0.777 e. The number of nitriles is 1. The van der Waals surface area contributed by atoms with Gasteiger partial charge in [0.15, 0.2) is 19.1 Å². The van der Waals surface area contributed by atoms with E-state index in [1.165, 1.54) is 0 Å². The summed E-state index contributed by atoms with van der Waals surface area (Å²) in [6.45, 7) is 3.67. The maximum atomic E-state index is 14.2. The van der Waals surface area contributed by atoms with Crippen LogP contribution in [-0.4, -0.2) is 51.8 Å². The number of aliphatic carboxylic acids is 1. The second kappa shape index (κ2) is 15.8. The van der Waals surface area contributed by atoms with Crippen LogP contribution in [0.5, 0.6) is 11.5 Å². The number of carbonyl (C=O) groups is 1. The number of aryl methyl sites for hydroxylation is 1. The summed E-state index contributed by atoms with van der Waals surface area (Å²) in [5, 5.41) is 18.3. The first-order valence-corrected chi connectivity index (χ1v) is 16.8. The fourth-order valence-corrected chi connectivity index (χ4v) is 7.91. The van der Waals surface area contributed by atoms with Gasteiger partial charge in [0.25, 0.3) is 10.0 Å². The number of quaternary nitrogens is 2. The quantitative estimate of drug-likeness (QED) is 0.106. The number of fused-ring (bicyclic) bond motifs is 1. The first-order valence-electron chi connectivity index (χ1n) is 12.8. The van der Waals surface area contributed by atoms with E-state index in [2.05, 4.69) is 11.5 Å². The molecule has 248 valence electrons. The lowest BCUT2D eigenvalue weighted by atomic mass is 10.1. The second-order valence-corrected chi connectivity index (χ2v) is 13.8. The summed E-state index contributed by atoms with van der Waals surface area (Å²) >= 11 is 0.879. The van der Waals surface area contributed by atoms with Gasteiger partial charge < -0.3 is 45.2 Å². The molecule has 0 saturated heterocycles. The summed E-state index contributed by atoms with van der Waals surface area (Å²) in [6.07, 6.45) is -3.78. The third-order valence-electron chi connectivity index (χ3n) is 5.76. The van der Waals surface area contributed by atoms with Crippen LogP contribution < -0.4 is 35.7 Å². The number of ether oxygens (including phenoxy) is 2. The van der Waals surface area contributed by atoms with Crippen LogP contribution in [-0.2, 0) is 19.4 Å². The Hall–Kier alpha value is -3.34. The Bertz CT molecular complexity index is 1710. The van der Waals surface area contributed by atoms with Gasteiger partial charge >= 0.3 is 6.18 Å². The fourth-order valence-electron chi connectivity index (χ4n) is 3.57. The Morgan fingerprint density at radius 3 is 2.13 bits per heavy atom. The molecule has 45 heavy (non-hydrogen) atoms. The molecule has 0 saturated carbocycles. The highest BCUT2D eigenvalue weighted by atomic mass is 32.2. The van der Waals surface area contributed by atoms with E-state index < -0.39 is 41.4 Å². The number of halogens is 4. The average Bonchev–Trinajstić information content (AvgIpc) is 3.27. The number of carboxylic acid groups (broad SMARTS) is 1. The molecule has 0 spiro atoms. The number of benzene rings is 2. The molecule has 2 aromatic carbocycles. The van der Waals surface area contributed by atoms with E-state index in [1.807, 2.05) is 4.72 Å². The maximum absolute atomic E-state index is 14.2. The number of rotatable bonds is 13. The molecule has 0 aliphatic heterocycles. The maximum Gasteiger partial charge on any atom is 0.430 e. The Balaban J connectivity index is 0.000000900. The van der Waals surface area contributed by atoms with Crippen molar-refractivity contribution in [3.63, 3.8) is 0 Å². The van der Waals surface area contributed by atoms with Crippen LogP contribution in [0.2, 0.25) is 0 Å². The molecular weight excluding hydrogens is 671 g/mol. The monoisotopic (exact) mass is 700 g/mol. The molecule has 1 aromatic heterocycles. The molecule has 13 nitrogen and oxygen atoms in total. The van der Waals surface area contributed by atoms with Crippen LogP contribution in [0.25, 0.3) is 10.1 Å². The van der Waals surface area contributed by atoms with Gasteiger partial charge in [0.05, 0.1) is 31.9 Å². The molecule has 0 aliphatic rings. The number of alkyl halides is 3. The zero-order valence-corrected chi connectivity index (χ0v) is 26.1. The van der Waals surface area contributed by atoms with Crippen molar-refractivity contribution in [3.05, 3.63) is 52.8 Å². The first kappa shape index (κ1) is 37.8. The number of nitrogens with zero attached hydrogens (tertiary/aromatic N) is 1. The summed E-state index contributed by atoms with van der Waals surface area (Å²) in [4.78, 5) is 30.7. The molecule has 0 fully saturated rings. The molecule has 2 atom stereocenters. The number of carboxylic acids is 1. The molecule has 0 aliphatic carbocycles. The fraction of sp³-hybridized carbons (Fsp3) is 0.360. The van der Waals surface area contributed by atoms with Gasteiger partial charge in [0, 0.05) is 29.0 Å². The molecule has 3 rings (SSSR count). The summed E-state index contributed by atoms with van der Waals surface area (Å²) in [5.74, 6) is -5.38. The summed E-state index contributed by atoms with van der Waals surface area (Å²) in [5.41, 5.74) is 7.15. The number of thiophene rings is 1. The molecule has 1 heterocycles. The third kappa shape index (κ3) is 10.3. The SMILES string of the molecule is Cc1c(S(=O)(=O)NC(c2ccc(C#N)c(F)c2)P(=O)([O-])O)sc2cc(OCCC[NH3+])c(OCCC[NH3+])cc12.O=C([O-])C(F)(F)F. The zero-order chi connectivity index (χ0) is 34.2. The number of hydrogen-bond donors (Lipinski definition) is 4. The van der Waals surface area contributed by atoms with Crippen LogP contribution in [0.3, 0.4) is 0 Å². The molecule has 0 bridgehead atoms. The number of carbonyl (C=O) groups excluding carboxylic acids is 1. The van der Waals surface area contributed by atoms with Crippen LogP contribution in [0.4, 0.5) is 17.6 Å². The minimum atomic E-state index is -5.39. The predicted molar refractivity (Wildman–Crippen MR) is 147 cm³/mol. The van der Waals surface area contributed by atoms with E-state index in [0.717, 1.165) is 23.5 Å². The summed E-state index contributed by atoms with van der Waals surface area (Å²) < 4.78 is 98.6. The van der Waals surface area contributed by atoms with Crippen molar-refractivity contribution in [2.24, 2.45) is 0 Å². The Morgan fingerprint density at radius 1 is 1.16 bits per heavy atom. The van der Waals surface area contributed by atoms with Crippen molar-refractivity contribution in [2.45, 2.75) is 35.9 Å².